The Morgan fingerprint density at radius 1 is 1.44 bits per heavy atom. The molecule has 0 radical (unpaired) electrons. The summed E-state index contributed by atoms with van der Waals surface area (Å²) in [6.45, 7) is 0. The molecule has 1 aromatic rings. The second-order valence-corrected chi connectivity index (χ2v) is 4.73. The fraction of sp³-hybridized carbons (Fsp3) is 0.429. The van der Waals surface area contributed by atoms with Gasteiger partial charge in [-0.3, -0.25) is 0 Å². The minimum absolute atomic E-state index is 0.507. The molecule has 1 N–H and O–H groups in total. The van der Waals surface area contributed by atoms with Gasteiger partial charge in [-0.05, 0) is 37.9 Å². The maximum Gasteiger partial charge on any atom is 0.0207 e. The largest absolute Gasteiger partial charge is 0.317 e. The van der Waals surface area contributed by atoms with Crippen LogP contribution in [0.15, 0.2) is 28.7 Å². The molecule has 0 saturated carbocycles. The first-order valence-electron chi connectivity index (χ1n) is 5.62. The van der Waals surface area contributed by atoms with Crippen LogP contribution in [0.3, 0.4) is 0 Å². The highest BCUT2D eigenvalue weighted by molar-refractivity contribution is 9.10. The lowest BCUT2D eigenvalue weighted by atomic mass is 10.0. The van der Waals surface area contributed by atoms with Crippen LogP contribution in [-0.4, -0.2) is 13.1 Å². The number of benzene rings is 1. The van der Waals surface area contributed by atoms with Crippen LogP contribution in [0.4, 0.5) is 0 Å². The van der Waals surface area contributed by atoms with E-state index in [1.807, 2.05) is 13.1 Å². The summed E-state index contributed by atoms with van der Waals surface area (Å²) in [5, 5.41) is 3.35. The fourth-order valence-corrected chi connectivity index (χ4v) is 2.18. The number of hydrogen-bond acceptors (Lipinski definition) is 1. The van der Waals surface area contributed by atoms with Gasteiger partial charge in [0, 0.05) is 16.9 Å². The number of rotatable bonds is 6. The smallest absolute Gasteiger partial charge is 0.0207 e. The highest BCUT2D eigenvalue weighted by Crippen LogP contribution is 2.18. The summed E-state index contributed by atoms with van der Waals surface area (Å²) in [6, 6.07) is 8.88. The summed E-state index contributed by atoms with van der Waals surface area (Å²) >= 11 is 3.58. The fourth-order valence-electron chi connectivity index (χ4n) is 1.73. The topological polar surface area (TPSA) is 12.0 Å². The third-order valence-electron chi connectivity index (χ3n) is 2.71. The zero-order valence-corrected chi connectivity index (χ0v) is 11.3. The normalized spacial score (nSPS) is 12.1. The van der Waals surface area contributed by atoms with E-state index in [0.29, 0.717) is 6.04 Å². The van der Waals surface area contributed by atoms with Gasteiger partial charge in [-0.15, -0.1) is 12.3 Å². The van der Waals surface area contributed by atoms with Crippen molar-refractivity contribution in [2.24, 2.45) is 0 Å². The maximum atomic E-state index is 5.25. The average Bonchev–Trinajstić information content (AvgIpc) is 2.30. The number of terminal acetylenes is 1. The van der Waals surface area contributed by atoms with Crippen molar-refractivity contribution in [3.63, 3.8) is 0 Å². The van der Waals surface area contributed by atoms with Crippen LogP contribution in [0.5, 0.6) is 0 Å². The van der Waals surface area contributed by atoms with E-state index >= 15 is 0 Å². The summed E-state index contributed by atoms with van der Waals surface area (Å²) in [6.07, 6.45) is 9.39. The lowest BCUT2D eigenvalue weighted by molar-refractivity contribution is 0.505. The van der Waals surface area contributed by atoms with Gasteiger partial charge in [-0.1, -0.05) is 34.1 Å². The number of nitrogens with one attached hydrogen (secondary N) is 1. The van der Waals surface area contributed by atoms with Crippen molar-refractivity contribution in [1.29, 1.82) is 0 Å². The van der Waals surface area contributed by atoms with Gasteiger partial charge in [0.25, 0.3) is 0 Å². The molecule has 2 heteroatoms. The molecule has 1 rings (SSSR count). The van der Waals surface area contributed by atoms with E-state index in [9.17, 15) is 0 Å². The number of halogens is 1. The molecule has 0 aromatic heterocycles. The molecule has 0 aliphatic carbocycles. The summed E-state index contributed by atoms with van der Waals surface area (Å²) < 4.78 is 1.19. The SMILES string of the molecule is C#CCCCC(Cc1ccccc1Br)NC. The molecule has 0 spiro atoms. The molecular weight excluding hydrogens is 262 g/mol. The van der Waals surface area contributed by atoms with Gasteiger partial charge in [0.15, 0.2) is 0 Å². The van der Waals surface area contributed by atoms with Crippen LogP contribution in [0.25, 0.3) is 0 Å². The van der Waals surface area contributed by atoms with Crippen LogP contribution in [0.2, 0.25) is 0 Å². The van der Waals surface area contributed by atoms with Crippen molar-refractivity contribution in [2.75, 3.05) is 7.05 Å². The van der Waals surface area contributed by atoms with Crippen molar-refractivity contribution in [2.45, 2.75) is 31.7 Å². The van der Waals surface area contributed by atoms with Crippen LogP contribution < -0.4 is 5.32 Å². The minimum Gasteiger partial charge on any atom is -0.317 e. The molecule has 0 saturated heterocycles. The van der Waals surface area contributed by atoms with Gasteiger partial charge >= 0.3 is 0 Å². The molecular formula is C14H18BrN. The second-order valence-electron chi connectivity index (χ2n) is 3.88. The van der Waals surface area contributed by atoms with Crippen molar-refractivity contribution in [1.82, 2.24) is 5.32 Å². The standard InChI is InChI=1S/C14H18BrN/c1-3-4-5-9-13(16-2)11-12-8-6-7-10-14(12)15/h1,6-8,10,13,16H,4-5,9,11H2,2H3. The summed E-state index contributed by atoms with van der Waals surface area (Å²) in [5.74, 6) is 2.69. The van der Waals surface area contributed by atoms with E-state index < -0.39 is 0 Å². The summed E-state index contributed by atoms with van der Waals surface area (Å²) in [5.41, 5.74) is 1.35. The Morgan fingerprint density at radius 2 is 2.19 bits per heavy atom. The third-order valence-corrected chi connectivity index (χ3v) is 3.48. The quantitative estimate of drug-likeness (QED) is 0.622. The molecule has 16 heavy (non-hydrogen) atoms. The van der Waals surface area contributed by atoms with Gasteiger partial charge in [-0.2, -0.15) is 0 Å². The molecule has 0 fully saturated rings. The highest BCUT2D eigenvalue weighted by atomic mass is 79.9. The number of likely N-dealkylation sites (N-methyl/N-ethyl adjacent to an activating group) is 1. The Morgan fingerprint density at radius 3 is 2.81 bits per heavy atom. The lowest BCUT2D eigenvalue weighted by Gasteiger charge is -2.16. The first-order valence-corrected chi connectivity index (χ1v) is 6.41. The van der Waals surface area contributed by atoms with E-state index in [-0.39, 0.29) is 0 Å². The molecule has 1 atom stereocenters. The van der Waals surface area contributed by atoms with Gasteiger partial charge in [0.1, 0.15) is 0 Å². The molecule has 0 amide bonds. The third kappa shape index (κ3) is 4.38. The monoisotopic (exact) mass is 279 g/mol. The highest BCUT2D eigenvalue weighted by Gasteiger charge is 2.08. The number of unbranched alkanes of at least 4 members (excludes halogenated alkanes) is 1. The van der Waals surface area contributed by atoms with Gasteiger partial charge in [0.05, 0.1) is 0 Å². The van der Waals surface area contributed by atoms with Gasteiger partial charge in [0.2, 0.25) is 0 Å². The molecule has 0 aliphatic rings. The van der Waals surface area contributed by atoms with Crippen molar-refractivity contribution >= 4 is 15.9 Å². The average molecular weight is 280 g/mol. The predicted molar refractivity (Wildman–Crippen MR) is 73.4 cm³/mol. The van der Waals surface area contributed by atoms with Crippen molar-refractivity contribution in [3.8, 4) is 12.3 Å². The van der Waals surface area contributed by atoms with Crippen LogP contribution in [0.1, 0.15) is 24.8 Å². The van der Waals surface area contributed by atoms with Crippen molar-refractivity contribution < 1.29 is 0 Å². The molecule has 0 heterocycles. The first-order chi connectivity index (χ1) is 7.77. The van der Waals surface area contributed by atoms with Gasteiger partial charge < -0.3 is 5.32 Å². The Labute approximate surface area is 107 Å². The zero-order valence-electron chi connectivity index (χ0n) is 9.67. The van der Waals surface area contributed by atoms with Gasteiger partial charge in [-0.25, -0.2) is 0 Å². The molecule has 1 nitrogen and oxygen atoms in total. The molecule has 86 valence electrons. The van der Waals surface area contributed by atoms with Crippen LogP contribution in [0, 0.1) is 12.3 Å². The predicted octanol–water partition coefficient (Wildman–Crippen LogP) is 3.38. The minimum atomic E-state index is 0.507. The summed E-state index contributed by atoms with van der Waals surface area (Å²) in [7, 11) is 2.01. The second kappa shape index (κ2) is 7.49. The van der Waals surface area contributed by atoms with E-state index in [1.165, 1.54) is 10.0 Å². The molecule has 0 aliphatic heterocycles. The maximum absolute atomic E-state index is 5.25. The van der Waals surface area contributed by atoms with E-state index in [4.69, 9.17) is 6.42 Å². The first kappa shape index (κ1) is 13.3. The Balaban J connectivity index is 2.50. The van der Waals surface area contributed by atoms with E-state index in [0.717, 1.165) is 25.7 Å². The Kier molecular flexibility index (Phi) is 6.22. The summed E-state index contributed by atoms with van der Waals surface area (Å²) in [4.78, 5) is 0. The zero-order chi connectivity index (χ0) is 11.8. The Hall–Kier alpha value is -0.780. The Bertz CT molecular complexity index is 354. The van der Waals surface area contributed by atoms with Crippen LogP contribution in [-0.2, 0) is 6.42 Å². The van der Waals surface area contributed by atoms with E-state index in [2.05, 4.69) is 45.4 Å². The van der Waals surface area contributed by atoms with Crippen molar-refractivity contribution in [3.05, 3.63) is 34.3 Å². The van der Waals surface area contributed by atoms with Crippen LogP contribution >= 0.6 is 15.9 Å². The molecule has 1 aromatic carbocycles. The molecule has 1 unspecified atom stereocenters. The lowest BCUT2D eigenvalue weighted by Crippen LogP contribution is -2.27. The number of hydrogen-bond donors (Lipinski definition) is 1. The molecule has 0 bridgehead atoms. The van der Waals surface area contributed by atoms with E-state index in [1.54, 1.807) is 0 Å².